The Hall–Kier alpha value is -1.30. The highest BCUT2D eigenvalue weighted by Gasteiger charge is 2.27. The number of nitrogens with zero attached hydrogens (tertiary/aromatic N) is 2. The van der Waals surface area contributed by atoms with E-state index in [1.165, 1.54) is 38.5 Å². The van der Waals surface area contributed by atoms with E-state index in [1.54, 1.807) is 4.90 Å². The van der Waals surface area contributed by atoms with E-state index in [1.807, 2.05) is 25.7 Å². The van der Waals surface area contributed by atoms with Gasteiger partial charge in [0.05, 0.1) is 6.54 Å². The van der Waals surface area contributed by atoms with Crippen LogP contribution in [0.5, 0.6) is 0 Å². The molecule has 0 aromatic heterocycles. The van der Waals surface area contributed by atoms with Crippen molar-refractivity contribution in [2.24, 2.45) is 5.92 Å². The first-order chi connectivity index (χ1) is 11.8. The van der Waals surface area contributed by atoms with Crippen molar-refractivity contribution in [3.8, 4) is 0 Å². The minimum atomic E-state index is -0.480. The number of hydrogen-bond donors (Lipinski definition) is 1. The zero-order valence-corrected chi connectivity index (χ0v) is 16.2. The molecule has 1 saturated carbocycles. The van der Waals surface area contributed by atoms with Gasteiger partial charge in [-0.15, -0.1) is 0 Å². The number of hydrogen-bond acceptors (Lipinski definition) is 4. The SMILES string of the molecule is CC(C)(C)OC(=O)N1CCN(C(=O)CNCCC2CCCCC2)CC1. The van der Waals surface area contributed by atoms with Crippen molar-refractivity contribution in [1.29, 1.82) is 0 Å². The Balaban J connectivity index is 1.59. The van der Waals surface area contributed by atoms with Crippen molar-refractivity contribution in [3.63, 3.8) is 0 Å². The molecule has 1 N–H and O–H groups in total. The quantitative estimate of drug-likeness (QED) is 0.772. The molecule has 1 aliphatic heterocycles. The fraction of sp³-hybridized carbons (Fsp3) is 0.895. The third kappa shape index (κ3) is 7.22. The number of piperazine rings is 1. The molecule has 0 bridgehead atoms. The third-order valence-corrected chi connectivity index (χ3v) is 5.01. The molecule has 0 aromatic carbocycles. The van der Waals surface area contributed by atoms with Gasteiger partial charge in [0, 0.05) is 26.2 Å². The molecule has 2 amide bonds. The van der Waals surface area contributed by atoms with Gasteiger partial charge in [0.25, 0.3) is 0 Å². The average molecular weight is 354 g/mol. The van der Waals surface area contributed by atoms with Gasteiger partial charge >= 0.3 is 6.09 Å². The predicted molar refractivity (Wildman–Crippen MR) is 98.4 cm³/mol. The van der Waals surface area contributed by atoms with Crippen molar-refractivity contribution in [2.45, 2.75) is 64.9 Å². The van der Waals surface area contributed by atoms with Gasteiger partial charge in [-0.2, -0.15) is 0 Å². The molecule has 0 unspecified atom stereocenters. The molecule has 0 radical (unpaired) electrons. The minimum Gasteiger partial charge on any atom is -0.444 e. The zero-order valence-electron chi connectivity index (χ0n) is 16.2. The second-order valence-corrected chi connectivity index (χ2v) is 8.32. The van der Waals surface area contributed by atoms with Crippen molar-refractivity contribution in [2.75, 3.05) is 39.3 Å². The Labute approximate surface area is 152 Å². The summed E-state index contributed by atoms with van der Waals surface area (Å²) in [4.78, 5) is 27.9. The van der Waals surface area contributed by atoms with Crippen LogP contribution in [0, 0.1) is 5.92 Å². The third-order valence-electron chi connectivity index (χ3n) is 5.01. The van der Waals surface area contributed by atoms with E-state index in [0.717, 1.165) is 12.5 Å². The summed E-state index contributed by atoms with van der Waals surface area (Å²) in [7, 11) is 0. The summed E-state index contributed by atoms with van der Waals surface area (Å²) in [6, 6.07) is 0. The van der Waals surface area contributed by atoms with Gasteiger partial charge in [-0.3, -0.25) is 4.79 Å². The maximum atomic E-state index is 12.3. The number of carbonyl (C=O) groups excluding carboxylic acids is 2. The van der Waals surface area contributed by atoms with Crippen molar-refractivity contribution in [3.05, 3.63) is 0 Å². The molecule has 2 rings (SSSR count). The molecule has 1 heterocycles. The Morgan fingerprint density at radius 1 is 1.00 bits per heavy atom. The molecule has 144 valence electrons. The fourth-order valence-corrected chi connectivity index (χ4v) is 3.55. The highest BCUT2D eigenvalue weighted by molar-refractivity contribution is 5.78. The van der Waals surface area contributed by atoms with E-state index in [-0.39, 0.29) is 12.0 Å². The number of amides is 2. The zero-order chi connectivity index (χ0) is 18.3. The van der Waals surface area contributed by atoms with Crippen molar-refractivity contribution >= 4 is 12.0 Å². The maximum absolute atomic E-state index is 12.3. The van der Waals surface area contributed by atoms with Gasteiger partial charge in [0.15, 0.2) is 0 Å². The summed E-state index contributed by atoms with van der Waals surface area (Å²) in [6.45, 7) is 9.18. The summed E-state index contributed by atoms with van der Waals surface area (Å²) < 4.78 is 5.38. The Morgan fingerprint density at radius 3 is 2.20 bits per heavy atom. The lowest BCUT2D eigenvalue weighted by Crippen LogP contribution is -2.53. The molecule has 2 aliphatic rings. The topological polar surface area (TPSA) is 61.9 Å². The minimum absolute atomic E-state index is 0.132. The Kier molecular flexibility index (Phi) is 7.54. The van der Waals surface area contributed by atoms with E-state index in [2.05, 4.69) is 5.32 Å². The van der Waals surface area contributed by atoms with Crippen LogP contribution in [0.3, 0.4) is 0 Å². The normalized spacial score (nSPS) is 19.8. The molecule has 0 aromatic rings. The van der Waals surface area contributed by atoms with Crippen LogP contribution in [0.15, 0.2) is 0 Å². The van der Waals surface area contributed by atoms with Gasteiger partial charge in [-0.1, -0.05) is 32.1 Å². The van der Waals surface area contributed by atoms with E-state index in [4.69, 9.17) is 4.74 Å². The molecule has 6 nitrogen and oxygen atoms in total. The second kappa shape index (κ2) is 9.41. The first-order valence-corrected chi connectivity index (χ1v) is 9.81. The fourth-order valence-electron chi connectivity index (χ4n) is 3.55. The largest absolute Gasteiger partial charge is 0.444 e. The molecule has 1 saturated heterocycles. The molecule has 25 heavy (non-hydrogen) atoms. The molecule has 0 spiro atoms. The summed E-state index contributed by atoms with van der Waals surface area (Å²) in [5, 5.41) is 3.30. The van der Waals surface area contributed by atoms with Crippen LogP contribution in [0.25, 0.3) is 0 Å². The summed E-state index contributed by atoms with van der Waals surface area (Å²) in [6.07, 6.45) is 7.71. The monoisotopic (exact) mass is 353 g/mol. The average Bonchev–Trinajstić information content (AvgIpc) is 2.58. The van der Waals surface area contributed by atoms with Gasteiger partial charge in [0.2, 0.25) is 5.91 Å². The van der Waals surface area contributed by atoms with E-state index in [9.17, 15) is 9.59 Å². The number of nitrogens with one attached hydrogen (secondary N) is 1. The van der Waals surface area contributed by atoms with Gasteiger partial charge in [0.1, 0.15) is 5.60 Å². The maximum Gasteiger partial charge on any atom is 0.410 e. The Morgan fingerprint density at radius 2 is 1.60 bits per heavy atom. The standard InChI is InChI=1S/C19H35N3O3/c1-19(2,3)25-18(24)22-13-11-21(12-14-22)17(23)15-20-10-9-16-7-5-4-6-8-16/h16,20H,4-15H2,1-3H3. The van der Waals surface area contributed by atoms with Gasteiger partial charge < -0.3 is 19.9 Å². The smallest absolute Gasteiger partial charge is 0.410 e. The van der Waals surface area contributed by atoms with Gasteiger partial charge in [-0.05, 0) is 39.7 Å². The van der Waals surface area contributed by atoms with Crippen LogP contribution in [0.2, 0.25) is 0 Å². The van der Waals surface area contributed by atoms with Crippen molar-refractivity contribution in [1.82, 2.24) is 15.1 Å². The van der Waals surface area contributed by atoms with E-state index in [0.29, 0.717) is 32.7 Å². The van der Waals surface area contributed by atoms with E-state index >= 15 is 0 Å². The molecule has 1 aliphatic carbocycles. The van der Waals surface area contributed by atoms with Crippen LogP contribution in [-0.2, 0) is 9.53 Å². The van der Waals surface area contributed by atoms with Crippen molar-refractivity contribution < 1.29 is 14.3 Å². The first-order valence-electron chi connectivity index (χ1n) is 9.81. The van der Waals surface area contributed by atoms with Crippen LogP contribution in [0.1, 0.15) is 59.3 Å². The lowest BCUT2D eigenvalue weighted by molar-refractivity contribution is -0.132. The lowest BCUT2D eigenvalue weighted by atomic mass is 9.87. The molecule has 0 atom stereocenters. The Bertz CT molecular complexity index is 434. The van der Waals surface area contributed by atoms with Crippen LogP contribution in [0.4, 0.5) is 4.79 Å². The van der Waals surface area contributed by atoms with Crippen LogP contribution < -0.4 is 5.32 Å². The molecular weight excluding hydrogens is 318 g/mol. The van der Waals surface area contributed by atoms with Crippen LogP contribution >= 0.6 is 0 Å². The molecule has 2 fully saturated rings. The highest BCUT2D eigenvalue weighted by Crippen LogP contribution is 2.25. The predicted octanol–water partition coefficient (Wildman–Crippen LogP) is 2.63. The first kappa shape index (κ1) is 20.0. The second-order valence-electron chi connectivity index (χ2n) is 8.32. The van der Waals surface area contributed by atoms with E-state index < -0.39 is 5.60 Å². The summed E-state index contributed by atoms with van der Waals surface area (Å²) in [5.74, 6) is 0.973. The van der Waals surface area contributed by atoms with Crippen LogP contribution in [-0.4, -0.2) is 66.7 Å². The highest BCUT2D eigenvalue weighted by atomic mass is 16.6. The molecule has 6 heteroatoms. The summed E-state index contributed by atoms with van der Waals surface area (Å²) >= 11 is 0. The number of rotatable bonds is 5. The number of ether oxygens (including phenoxy) is 1. The number of carbonyl (C=O) groups is 2. The lowest BCUT2D eigenvalue weighted by Gasteiger charge is -2.35. The molecular formula is C19H35N3O3. The van der Waals surface area contributed by atoms with Gasteiger partial charge in [-0.25, -0.2) is 4.79 Å². The summed E-state index contributed by atoms with van der Waals surface area (Å²) in [5.41, 5.74) is -0.480.